The zero-order valence-electron chi connectivity index (χ0n) is 10.9. The van der Waals surface area contributed by atoms with E-state index in [1.54, 1.807) is 6.92 Å². The highest BCUT2D eigenvalue weighted by Crippen LogP contribution is 2.26. The van der Waals surface area contributed by atoms with Crippen molar-refractivity contribution in [1.29, 1.82) is 0 Å². The maximum atomic E-state index is 11.3. The minimum atomic E-state index is -0.501. The second kappa shape index (κ2) is 4.60. The van der Waals surface area contributed by atoms with Crippen LogP contribution >= 0.6 is 0 Å². The van der Waals surface area contributed by atoms with Crippen LogP contribution in [0.3, 0.4) is 0 Å². The van der Waals surface area contributed by atoms with Crippen LogP contribution in [0.5, 0.6) is 0 Å². The standard InChI is InChI=1S/C13H15N3O2/c1-7-5-8(2)11(9(3)6-7)14-15-12-10(4)16-18-13(12)17/h5-6,16H,1-4H3. The lowest BCUT2D eigenvalue weighted by Crippen LogP contribution is -1.90. The topological polar surface area (TPSA) is 70.7 Å². The lowest BCUT2D eigenvalue weighted by Gasteiger charge is -2.04. The lowest BCUT2D eigenvalue weighted by molar-refractivity contribution is 0.388. The van der Waals surface area contributed by atoms with Gasteiger partial charge in [-0.25, -0.2) is 9.95 Å². The van der Waals surface area contributed by atoms with Crippen molar-refractivity contribution in [2.24, 2.45) is 10.2 Å². The number of nitrogens with zero attached hydrogens (tertiary/aromatic N) is 2. The van der Waals surface area contributed by atoms with Gasteiger partial charge in [-0.2, -0.15) is 0 Å². The molecule has 0 unspecified atom stereocenters. The third-order valence-corrected chi connectivity index (χ3v) is 2.73. The van der Waals surface area contributed by atoms with E-state index in [1.165, 1.54) is 5.56 Å². The summed E-state index contributed by atoms with van der Waals surface area (Å²) in [5.41, 5.74) is 4.34. The fourth-order valence-corrected chi connectivity index (χ4v) is 1.92. The number of rotatable bonds is 2. The average molecular weight is 245 g/mol. The van der Waals surface area contributed by atoms with Gasteiger partial charge in [0.15, 0.2) is 5.69 Å². The largest absolute Gasteiger partial charge is 0.384 e. The zero-order chi connectivity index (χ0) is 13.3. The van der Waals surface area contributed by atoms with Gasteiger partial charge in [0, 0.05) is 0 Å². The summed E-state index contributed by atoms with van der Waals surface area (Å²) in [7, 11) is 0. The predicted octanol–water partition coefficient (Wildman–Crippen LogP) is 3.62. The van der Waals surface area contributed by atoms with Crippen molar-refractivity contribution in [3.05, 3.63) is 44.9 Å². The summed E-state index contributed by atoms with van der Waals surface area (Å²) in [6.45, 7) is 7.70. The second-order valence-electron chi connectivity index (χ2n) is 4.41. The van der Waals surface area contributed by atoms with Crippen LogP contribution in [0.1, 0.15) is 22.4 Å². The van der Waals surface area contributed by atoms with E-state index < -0.39 is 5.63 Å². The maximum absolute atomic E-state index is 11.3. The molecule has 0 aliphatic heterocycles. The van der Waals surface area contributed by atoms with Gasteiger partial charge in [0.2, 0.25) is 0 Å². The molecule has 2 rings (SSSR count). The quantitative estimate of drug-likeness (QED) is 0.821. The first kappa shape index (κ1) is 12.3. The Hall–Kier alpha value is -2.17. The molecule has 94 valence electrons. The van der Waals surface area contributed by atoms with Crippen molar-refractivity contribution < 1.29 is 4.52 Å². The molecule has 0 radical (unpaired) electrons. The Morgan fingerprint density at radius 2 is 1.56 bits per heavy atom. The minimum absolute atomic E-state index is 0.217. The summed E-state index contributed by atoms with van der Waals surface area (Å²) in [6, 6.07) is 4.07. The highest BCUT2D eigenvalue weighted by atomic mass is 16.5. The first-order valence-electron chi connectivity index (χ1n) is 5.66. The fourth-order valence-electron chi connectivity index (χ4n) is 1.92. The number of nitrogens with one attached hydrogen (secondary N) is 1. The van der Waals surface area contributed by atoms with Crippen molar-refractivity contribution in [2.75, 3.05) is 0 Å². The SMILES string of the molecule is Cc1cc(C)c(N=Nc2c(C)[nH]oc2=O)c(C)c1. The van der Waals surface area contributed by atoms with E-state index >= 15 is 0 Å². The summed E-state index contributed by atoms with van der Waals surface area (Å²) in [5, 5.41) is 10.6. The molecule has 0 atom stereocenters. The summed E-state index contributed by atoms with van der Waals surface area (Å²) < 4.78 is 4.63. The van der Waals surface area contributed by atoms with Crippen LogP contribution in [0.25, 0.3) is 0 Å². The fraction of sp³-hybridized carbons (Fsp3) is 0.308. The van der Waals surface area contributed by atoms with E-state index in [0.717, 1.165) is 16.8 Å². The summed E-state index contributed by atoms with van der Waals surface area (Å²) in [4.78, 5) is 11.3. The Bertz CT molecular complexity index is 642. The van der Waals surface area contributed by atoms with Gasteiger partial charge in [-0.05, 0) is 38.8 Å². The predicted molar refractivity (Wildman–Crippen MR) is 68.9 cm³/mol. The molecule has 1 aromatic heterocycles. The van der Waals surface area contributed by atoms with Crippen LogP contribution in [0.15, 0.2) is 31.7 Å². The molecule has 0 spiro atoms. The first-order chi connectivity index (χ1) is 8.49. The molecule has 5 heteroatoms. The van der Waals surface area contributed by atoms with Gasteiger partial charge in [0.05, 0.1) is 11.4 Å². The maximum Gasteiger partial charge on any atom is 0.384 e. The van der Waals surface area contributed by atoms with Crippen LogP contribution in [0.4, 0.5) is 11.4 Å². The summed E-state index contributed by atoms with van der Waals surface area (Å²) >= 11 is 0. The molecular weight excluding hydrogens is 230 g/mol. The molecular formula is C13H15N3O2. The van der Waals surface area contributed by atoms with Crippen LogP contribution < -0.4 is 5.63 Å². The Morgan fingerprint density at radius 1 is 1.00 bits per heavy atom. The molecule has 2 aromatic rings. The average Bonchev–Trinajstić information content (AvgIpc) is 2.58. The van der Waals surface area contributed by atoms with Crippen molar-refractivity contribution in [1.82, 2.24) is 5.16 Å². The molecule has 0 saturated heterocycles. The van der Waals surface area contributed by atoms with Crippen molar-refractivity contribution in [2.45, 2.75) is 27.7 Å². The summed E-state index contributed by atoms with van der Waals surface area (Å²) in [5.74, 6) is 0. The van der Waals surface area contributed by atoms with Crippen molar-refractivity contribution in [3.8, 4) is 0 Å². The molecule has 0 fully saturated rings. The van der Waals surface area contributed by atoms with Gasteiger partial charge in [-0.1, -0.05) is 17.7 Å². The van der Waals surface area contributed by atoms with Gasteiger partial charge in [-0.15, -0.1) is 10.2 Å². The zero-order valence-corrected chi connectivity index (χ0v) is 10.9. The van der Waals surface area contributed by atoms with Gasteiger partial charge >= 0.3 is 5.63 Å². The van der Waals surface area contributed by atoms with Crippen LogP contribution in [0, 0.1) is 27.7 Å². The number of aromatic amines is 1. The minimum Gasteiger partial charge on any atom is -0.336 e. The molecule has 0 saturated carbocycles. The first-order valence-corrected chi connectivity index (χ1v) is 5.66. The van der Waals surface area contributed by atoms with E-state index in [2.05, 4.69) is 19.9 Å². The number of aryl methyl sites for hydroxylation is 4. The second-order valence-corrected chi connectivity index (χ2v) is 4.41. The lowest BCUT2D eigenvalue weighted by atomic mass is 10.1. The third kappa shape index (κ3) is 2.25. The highest BCUT2D eigenvalue weighted by molar-refractivity contribution is 5.53. The van der Waals surface area contributed by atoms with Crippen LogP contribution in [-0.4, -0.2) is 5.16 Å². The van der Waals surface area contributed by atoms with Gasteiger partial charge in [-0.3, -0.25) is 0 Å². The number of H-pyrrole nitrogens is 1. The molecule has 0 aliphatic rings. The number of aromatic nitrogens is 1. The molecule has 5 nitrogen and oxygen atoms in total. The van der Waals surface area contributed by atoms with E-state index in [1.807, 2.05) is 32.9 Å². The Kier molecular flexibility index (Phi) is 3.14. The molecule has 1 N–H and O–H groups in total. The molecule has 0 bridgehead atoms. The van der Waals surface area contributed by atoms with E-state index in [-0.39, 0.29) is 5.69 Å². The monoisotopic (exact) mass is 245 g/mol. The van der Waals surface area contributed by atoms with Crippen molar-refractivity contribution in [3.63, 3.8) is 0 Å². The summed E-state index contributed by atoms with van der Waals surface area (Å²) in [6.07, 6.45) is 0. The van der Waals surface area contributed by atoms with Crippen LogP contribution in [-0.2, 0) is 0 Å². The number of hydrogen-bond donors (Lipinski definition) is 1. The number of hydrogen-bond acceptors (Lipinski definition) is 4. The third-order valence-electron chi connectivity index (χ3n) is 2.73. The molecule has 18 heavy (non-hydrogen) atoms. The highest BCUT2D eigenvalue weighted by Gasteiger charge is 2.08. The molecule has 1 heterocycles. The number of azo groups is 1. The Morgan fingerprint density at radius 3 is 2.06 bits per heavy atom. The van der Waals surface area contributed by atoms with E-state index in [9.17, 15) is 4.79 Å². The Balaban J connectivity index is 2.44. The van der Waals surface area contributed by atoms with E-state index in [0.29, 0.717) is 5.69 Å². The normalized spacial score (nSPS) is 11.3. The molecule has 1 aromatic carbocycles. The van der Waals surface area contributed by atoms with Gasteiger partial charge in [0.25, 0.3) is 0 Å². The van der Waals surface area contributed by atoms with Crippen LogP contribution in [0.2, 0.25) is 0 Å². The van der Waals surface area contributed by atoms with Gasteiger partial charge in [0.1, 0.15) is 0 Å². The smallest absolute Gasteiger partial charge is 0.336 e. The van der Waals surface area contributed by atoms with Crippen molar-refractivity contribution >= 4 is 11.4 Å². The molecule has 0 aliphatic carbocycles. The Labute approximate surface area is 105 Å². The van der Waals surface area contributed by atoms with Gasteiger partial charge < -0.3 is 4.52 Å². The molecule has 0 amide bonds. The van der Waals surface area contributed by atoms with E-state index in [4.69, 9.17) is 0 Å². The number of benzene rings is 1.